The number of ether oxygens (including phenoxy) is 1. The first-order valence-corrected chi connectivity index (χ1v) is 9.05. The molecule has 9 nitrogen and oxygen atoms in total. The van der Waals surface area contributed by atoms with Crippen LogP contribution in [0.1, 0.15) is 26.3 Å². The minimum atomic E-state index is -0.597. The standard InChI is InChI=1S/C19H28N6O3/c1-19(2,3)28-18(27)24(4)15(11-14-9-7-6-8-10-14)12-20-17(26)22-16-13-21-23-25(16)5/h6-10,13,15H,11-12H2,1-5H3,(H2,20,22,26). The summed E-state index contributed by atoms with van der Waals surface area (Å²) in [5, 5.41) is 12.9. The van der Waals surface area contributed by atoms with Crippen LogP contribution in [0.3, 0.4) is 0 Å². The number of benzene rings is 1. The number of anilines is 1. The highest BCUT2D eigenvalue weighted by atomic mass is 16.6. The fourth-order valence-corrected chi connectivity index (χ4v) is 2.49. The van der Waals surface area contributed by atoms with Crippen LogP contribution in [0.4, 0.5) is 15.4 Å². The number of carbonyl (C=O) groups excluding carboxylic acids is 2. The van der Waals surface area contributed by atoms with E-state index in [1.807, 2.05) is 51.1 Å². The number of hydrogen-bond donors (Lipinski definition) is 2. The Bertz CT molecular complexity index is 784. The molecular formula is C19H28N6O3. The van der Waals surface area contributed by atoms with Crippen LogP contribution in [-0.2, 0) is 18.2 Å². The van der Waals surface area contributed by atoms with Gasteiger partial charge < -0.3 is 15.0 Å². The predicted molar refractivity (Wildman–Crippen MR) is 106 cm³/mol. The number of aryl methyl sites for hydroxylation is 1. The van der Waals surface area contributed by atoms with Gasteiger partial charge in [0.2, 0.25) is 0 Å². The second-order valence-electron chi connectivity index (χ2n) is 7.51. The Morgan fingerprint density at radius 3 is 2.50 bits per heavy atom. The number of likely N-dealkylation sites (N-methyl/N-ethyl adjacent to an activating group) is 1. The third-order valence-corrected chi connectivity index (χ3v) is 4.00. The average molecular weight is 388 g/mol. The summed E-state index contributed by atoms with van der Waals surface area (Å²) in [7, 11) is 3.35. The molecule has 2 N–H and O–H groups in total. The fraction of sp³-hybridized carbons (Fsp3) is 0.474. The first kappa shape index (κ1) is 21.2. The van der Waals surface area contributed by atoms with E-state index >= 15 is 0 Å². The maximum atomic E-state index is 12.5. The van der Waals surface area contributed by atoms with E-state index in [1.165, 1.54) is 15.8 Å². The minimum Gasteiger partial charge on any atom is -0.444 e. The van der Waals surface area contributed by atoms with Crippen LogP contribution >= 0.6 is 0 Å². The van der Waals surface area contributed by atoms with Gasteiger partial charge in [0.05, 0.1) is 12.2 Å². The minimum absolute atomic E-state index is 0.252. The van der Waals surface area contributed by atoms with Crippen LogP contribution in [-0.4, -0.2) is 57.3 Å². The van der Waals surface area contributed by atoms with Crippen molar-refractivity contribution in [3.05, 3.63) is 42.1 Å². The molecule has 0 aliphatic heterocycles. The lowest BCUT2D eigenvalue weighted by molar-refractivity contribution is 0.0223. The van der Waals surface area contributed by atoms with E-state index in [4.69, 9.17) is 4.74 Å². The number of hydrogen-bond acceptors (Lipinski definition) is 5. The van der Waals surface area contributed by atoms with Gasteiger partial charge in [-0.1, -0.05) is 35.5 Å². The number of aromatic nitrogens is 3. The maximum Gasteiger partial charge on any atom is 0.410 e. The van der Waals surface area contributed by atoms with Gasteiger partial charge in [0.1, 0.15) is 5.60 Å². The topological polar surface area (TPSA) is 101 Å². The van der Waals surface area contributed by atoms with Gasteiger partial charge in [0.25, 0.3) is 0 Å². The molecule has 1 heterocycles. The Morgan fingerprint density at radius 2 is 1.93 bits per heavy atom. The number of urea groups is 1. The highest BCUT2D eigenvalue weighted by Gasteiger charge is 2.26. The lowest BCUT2D eigenvalue weighted by Crippen LogP contribution is -2.48. The van der Waals surface area contributed by atoms with Gasteiger partial charge in [0, 0.05) is 20.6 Å². The Morgan fingerprint density at radius 1 is 1.25 bits per heavy atom. The highest BCUT2D eigenvalue weighted by Crippen LogP contribution is 2.13. The largest absolute Gasteiger partial charge is 0.444 e. The zero-order valence-corrected chi connectivity index (χ0v) is 17.0. The van der Waals surface area contributed by atoms with Crippen molar-refractivity contribution in [3.63, 3.8) is 0 Å². The number of nitrogens with one attached hydrogen (secondary N) is 2. The molecule has 0 radical (unpaired) electrons. The molecule has 1 aromatic carbocycles. The second-order valence-corrected chi connectivity index (χ2v) is 7.51. The molecule has 152 valence electrons. The monoisotopic (exact) mass is 388 g/mol. The number of amides is 3. The molecule has 1 atom stereocenters. The van der Waals surface area contributed by atoms with Gasteiger partial charge in [-0.25, -0.2) is 14.3 Å². The Kier molecular flexibility index (Phi) is 6.97. The summed E-state index contributed by atoms with van der Waals surface area (Å²) < 4.78 is 6.92. The Balaban J connectivity index is 2.03. The highest BCUT2D eigenvalue weighted by molar-refractivity contribution is 5.88. The molecule has 1 unspecified atom stereocenters. The summed E-state index contributed by atoms with van der Waals surface area (Å²) in [6, 6.07) is 9.09. The van der Waals surface area contributed by atoms with Crippen LogP contribution in [0.2, 0.25) is 0 Å². The van der Waals surface area contributed by atoms with Gasteiger partial charge >= 0.3 is 12.1 Å². The SMILES string of the molecule is CN(C(=O)OC(C)(C)C)C(CNC(=O)Nc1cnnn1C)Cc1ccccc1. The molecule has 28 heavy (non-hydrogen) atoms. The van der Waals surface area contributed by atoms with E-state index in [9.17, 15) is 9.59 Å². The summed E-state index contributed by atoms with van der Waals surface area (Å²) in [6.45, 7) is 5.71. The van der Waals surface area contributed by atoms with Gasteiger partial charge in [-0.15, -0.1) is 5.10 Å². The Labute approximate surface area is 165 Å². The molecule has 9 heteroatoms. The summed E-state index contributed by atoms with van der Waals surface area (Å²) in [5.74, 6) is 0.470. The van der Waals surface area contributed by atoms with Crippen LogP contribution in [0, 0.1) is 0 Å². The van der Waals surface area contributed by atoms with E-state index in [2.05, 4.69) is 20.9 Å². The van der Waals surface area contributed by atoms with Gasteiger partial charge in [-0.2, -0.15) is 0 Å². The summed E-state index contributed by atoms with van der Waals surface area (Å²) in [6.07, 6.45) is 1.59. The van der Waals surface area contributed by atoms with Crippen LogP contribution in [0.25, 0.3) is 0 Å². The van der Waals surface area contributed by atoms with E-state index in [1.54, 1.807) is 14.1 Å². The molecule has 0 spiro atoms. The number of carbonyl (C=O) groups is 2. The van der Waals surface area contributed by atoms with Crippen molar-refractivity contribution in [2.45, 2.75) is 38.8 Å². The summed E-state index contributed by atoms with van der Waals surface area (Å²) >= 11 is 0. The first-order chi connectivity index (χ1) is 13.2. The lowest BCUT2D eigenvalue weighted by Gasteiger charge is -2.31. The van der Waals surface area contributed by atoms with Gasteiger partial charge in [-0.3, -0.25) is 5.32 Å². The number of nitrogens with zero attached hydrogens (tertiary/aromatic N) is 4. The van der Waals surface area contributed by atoms with Crippen molar-refractivity contribution < 1.29 is 14.3 Å². The van der Waals surface area contributed by atoms with Crippen molar-refractivity contribution in [1.82, 2.24) is 25.2 Å². The molecule has 0 bridgehead atoms. The molecule has 0 aliphatic rings. The third-order valence-electron chi connectivity index (χ3n) is 4.00. The van der Waals surface area contributed by atoms with Crippen LogP contribution in [0.15, 0.2) is 36.5 Å². The maximum absolute atomic E-state index is 12.5. The van der Waals surface area contributed by atoms with Crippen molar-refractivity contribution in [3.8, 4) is 0 Å². The van der Waals surface area contributed by atoms with E-state index < -0.39 is 17.7 Å². The molecule has 0 fully saturated rings. The smallest absolute Gasteiger partial charge is 0.410 e. The molecule has 0 aliphatic carbocycles. The summed E-state index contributed by atoms with van der Waals surface area (Å²) in [5.41, 5.74) is 0.459. The molecule has 1 aromatic heterocycles. The molecule has 0 saturated carbocycles. The van der Waals surface area contributed by atoms with E-state index in [0.29, 0.717) is 12.2 Å². The molecule has 2 rings (SSSR count). The van der Waals surface area contributed by atoms with Crippen LogP contribution < -0.4 is 10.6 Å². The van der Waals surface area contributed by atoms with Crippen molar-refractivity contribution >= 4 is 17.9 Å². The first-order valence-electron chi connectivity index (χ1n) is 9.05. The average Bonchev–Trinajstić information content (AvgIpc) is 3.02. The van der Waals surface area contributed by atoms with Crippen molar-refractivity contribution in [2.24, 2.45) is 7.05 Å². The fourth-order valence-electron chi connectivity index (χ4n) is 2.49. The molecule has 2 aromatic rings. The zero-order valence-electron chi connectivity index (χ0n) is 17.0. The van der Waals surface area contributed by atoms with Gasteiger partial charge in [-0.05, 0) is 32.8 Å². The second kappa shape index (κ2) is 9.20. The van der Waals surface area contributed by atoms with Gasteiger partial charge in [0.15, 0.2) is 5.82 Å². The normalized spacial score (nSPS) is 12.2. The quantitative estimate of drug-likeness (QED) is 0.791. The predicted octanol–water partition coefficient (Wildman–Crippen LogP) is 2.41. The molecular weight excluding hydrogens is 360 g/mol. The van der Waals surface area contributed by atoms with Crippen molar-refractivity contribution in [1.29, 1.82) is 0 Å². The third kappa shape index (κ3) is 6.57. The zero-order chi connectivity index (χ0) is 20.7. The van der Waals surface area contributed by atoms with Crippen molar-refractivity contribution in [2.75, 3.05) is 18.9 Å². The number of rotatable bonds is 6. The summed E-state index contributed by atoms with van der Waals surface area (Å²) in [4.78, 5) is 26.2. The molecule has 3 amide bonds. The van der Waals surface area contributed by atoms with E-state index in [-0.39, 0.29) is 12.6 Å². The molecule has 0 saturated heterocycles. The Hall–Kier alpha value is -3.10. The van der Waals surface area contributed by atoms with E-state index in [0.717, 1.165) is 5.56 Å². The lowest BCUT2D eigenvalue weighted by atomic mass is 10.1. The van der Waals surface area contributed by atoms with Crippen LogP contribution in [0.5, 0.6) is 0 Å².